The molecule has 0 unspecified atom stereocenters. The number of hydrogen-bond donors (Lipinski definition) is 17. The Hall–Kier alpha value is -8.29. The van der Waals surface area contributed by atoms with Crippen molar-refractivity contribution in [2.45, 2.75) is 160 Å². The second-order valence-electron chi connectivity index (χ2n) is 19.0. The highest BCUT2D eigenvalue weighted by molar-refractivity contribution is 6.00. The first-order chi connectivity index (χ1) is 36.5. The largest absolute Gasteiger partial charge is 0.481 e. The van der Waals surface area contributed by atoms with Crippen molar-refractivity contribution < 1.29 is 87.5 Å². The van der Waals surface area contributed by atoms with Crippen LogP contribution in [0.5, 0.6) is 0 Å². The van der Waals surface area contributed by atoms with Crippen LogP contribution in [-0.4, -0.2) is 181 Å². The summed E-state index contributed by atoms with van der Waals surface area (Å²) >= 11 is 0. The van der Waals surface area contributed by atoms with Gasteiger partial charge in [0.15, 0.2) is 0 Å². The van der Waals surface area contributed by atoms with Gasteiger partial charge in [-0.25, -0.2) is 4.98 Å². The minimum Gasteiger partial charge on any atom is -0.481 e. The Morgan fingerprint density at radius 1 is 0.513 bits per heavy atom. The van der Waals surface area contributed by atoms with Crippen LogP contribution in [0.3, 0.4) is 0 Å². The average Bonchev–Trinajstić information content (AvgIpc) is 3.84. The zero-order valence-electron chi connectivity index (χ0n) is 43.9. The Kier molecular flexibility index (Phi) is 29.9. The lowest BCUT2D eigenvalue weighted by molar-refractivity contribution is -0.142. The van der Waals surface area contributed by atoms with Crippen LogP contribution in [0.4, 0.5) is 0 Å². The molecular formula is C46H74N14O18. The van der Waals surface area contributed by atoms with Crippen LogP contribution in [-0.2, 0) is 73.5 Å². The molecule has 9 atom stereocenters. The number of rotatable bonds is 38. The van der Waals surface area contributed by atoms with Crippen LogP contribution in [0, 0.1) is 11.8 Å². The number of nitrogens with one attached hydrogen (secondary N) is 10. The predicted octanol–water partition coefficient (Wildman–Crippen LogP) is -6.28. The molecule has 1 heterocycles. The summed E-state index contributed by atoms with van der Waals surface area (Å²) in [5.41, 5.74) is 16.7. The molecule has 0 aliphatic carbocycles. The monoisotopic (exact) mass is 1110 g/mol. The van der Waals surface area contributed by atoms with E-state index in [1.807, 2.05) is 0 Å². The van der Waals surface area contributed by atoms with Gasteiger partial charge >= 0.3 is 17.9 Å². The van der Waals surface area contributed by atoms with Crippen molar-refractivity contribution in [1.29, 1.82) is 0 Å². The molecular weight excluding hydrogens is 1040 g/mol. The number of aliphatic carboxylic acids is 3. The van der Waals surface area contributed by atoms with Crippen molar-refractivity contribution in [2.24, 2.45) is 29.0 Å². The molecule has 0 bridgehead atoms. The zero-order valence-corrected chi connectivity index (χ0v) is 43.9. The smallest absolute Gasteiger partial charge is 0.305 e. The van der Waals surface area contributed by atoms with E-state index in [0.29, 0.717) is 12.1 Å². The number of aromatic nitrogens is 2. The van der Waals surface area contributed by atoms with E-state index in [1.165, 1.54) is 12.5 Å². The molecule has 436 valence electrons. The van der Waals surface area contributed by atoms with Crippen LogP contribution in [0.15, 0.2) is 12.5 Å². The maximum Gasteiger partial charge on any atom is 0.305 e. The molecule has 32 heteroatoms. The van der Waals surface area contributed by atoms with Gasteiger partial charge in [-0.15, -0.1) is 0 Å². The number of carboxylic acid groups (broad SMARTS) is 3. The van der Waals surface area contributed by atoms with Crippen molar-refractivity contribution >= 4 is 82.9 Å². The number of aliphatic hydroxyl groups is 1. The molecule has 20 N–H and O–H groups in total. The first-order valence-corrected chi connectivity index (χ1v) is 24.7. The Bertz CT molecular complexity index is 2260. The number of carbonyl (C=O) groups excluding carboxylic acids is 11. The molecule has 0 fully saturated rings. The Balaban J connectivity index is 3.47. The van der Waals surface area contributed by atoms with Crippen LogP contribution >= 0.6 is 0 Å². The number of carboxylic acids is 3. The zero-order chi connectivity index (χ0) is 59.4. The molecule has 1 aromatic heterocycles. The lowest BCUT2D eigenvalue weighted by Crippen LogP contribution is -2.61. The first kappa shape index (κ1) is 67.7. The quantitative estimate of drug-likeness (QED) is 0.0274. The topological polar surface area (TPSA) is 535 Å². The second-order valence-corrected chi connectivity index (χ2v) is 19.0. The Morgan fingerprint density at radius 3 is 1.35 bits per heavy atom. The number of hydrogen-bond acceptors (Lipinski definition) is 17. The van der Waals surface area contributed by atoms with Crippen molar-refractivity contribution in [3.63, 3.8) is 0 Å². The highest BCUT2D eigenvalue weighted by atomic mass is 16.4. The van der Waals surface area contributed by atoms with E-state index < -0.39 is 182 Å². The maximum absolute atomic E-state index is 13.9. The molecule has 0 spiro atoms. The van der Waals surface area contributed by atoms with Crippen LogP contribution in [0.2, 0.25) is 0 Å². The maximum atomic E-state index is 13.9. The number of nitrogens with zero attached hydrogens (tertiary/aromatic N) is 1. The molecule has 0 aromatic carbocycles. The molecule has 1 aromatic rings. The third kappa shape index (κ3) is 26.5. The molecule has 78 heavy (non-hydrogen) atoms. The number of aliphatic hydroxyl groups excluding tert-OH is 1. The summed E-state index contributed by atoms with van der Waals surface area (Å²) < 4.78 is 0. The molecule has 32 nitrogen and oxygen atoms in total. The molecule has 0 aliphatic rings. The lowest BCUT2D eigenvalue weighted by atomic mass is 10.0. The number of aromatic amines is 1. The molecule has 1 rings (SSSR count). The molecule has 0 aliphatic heterocycles. The third-order valence-corrected chi connectivity index (χ3v) is 11.1. The number of unbranched alkanes of at least 4 members (excludes halogenated alkanes) is 1. The van der Waals surface area contributed by atoms with E-state index in [0.717, 1.165) is 6.92 Å². The van der Waals surface area contributed by atoms with E-state index in [1.54, 1.807) is 27.7 Å². The first-order valence-electron chi connectivity index (χ1n) is 24.7. The van der Waals surface area contributed by atoms with Gasteiger partial charge in [-0.2, -0.15) is 0 Å². The van der Waals surface area contributed by atoms with Gasteiger partial charge in [0.1, 0.15) is 54.4 Å². The molecule has 0 saturated carbocycles. The van der Waals surface area contributed by atoms with Crippen molar-refractivity contribution in [3.8, 4) is 0 Å². The van der Waals surface area contributed by atoms with Crippen LogP contribution < -0.4 is 65.1 Å². The summed E-state index contributed by atoms with van der Waals surface area (Å²) in [4.78, 5) is 187. The Morgan fingerprint density at radius 2 is 0.910 bits per heavy atom. The molecule has 0 radical (unpaired) electrons. The van der Waals surface area contributed by atoms with Crippen LogP contribution in [0.1, 0.15) is 105 Å². The van der Waals surface area contributed by atoms with E-state index in [-0.39, 0.29) is 44.6 Å². The summed E-state index contributed by atoms with van der Waals surface area (Å²) in [5.74, 6) is -17.3. The number of amides is 11. The minimum atomic E-state index is -1.97. The number of nitrogens with two attached hydrogens (primary N) is 3. The van der Waals surface area contributed by atoms with Gasteiger partial charge in [-0.3, -0.25) is 67.1 Å². The van der Waals surface area contributed by atoms with Gasteiger partial charge in [0, 0.05) is 31.7 Å². The SMILES string of the molecule is CC(=O)N[C@@H](CC(=O)O)C(=O)N[C@@H](CCCCN)C(=O)N[C@@H](CC(N)=O)C(=O)N[C@@H](CCC(=O)O)C(=O)N[C@@H](CC(C)C)C(=O)N[C@@H](CO)C(=O)N[C@@H](CC(=O)O)C(=O)N[C@@H](Cc1cnc[nH]1)C(=O)N[C@@H](CC(C)C)C(N)=O. The van der Waals surface area contributed by atoms with E-state index in [9.17, 15) is 87.5 Å². The average molecular weight is 1110 g/mol. The third-order valence-electron chi connectivity index (χ3n) is 11.1. The fourth-order valence-corrected chi connectivity index (χ4v) is 7.34. The van der Waals surface area contributed by atoms with Gasteiger partial charge < -0.3 is 90.5 Å². The lowest BCUT2D eigenvalue weighted by Gasteiger charge is -2.28. The highest BCUT2D eigenvalue weighted by Gasteiger charge is 2.37. The number of H-pyrrole nitrogens is 1. The standard InChI is InChI=1S/C46H74N14O18/c1-21(2)12-27(38(49)70)55-42(74)29(14-24-18-50-20-51-24)57-45(77)32(17-37(68)69)59-46(78)33(19-61)60-41(73)28(13-22(3)4)56-40(72)26(9-10-35(64)65)54-43(75)30(15-34(48)63)58-39(71)25(8-6-7-11-47)53-44(76)31(16-36(66)67)52-23(5)62/h18,20-22,25-33,61H,6-17,19,47H2,1-5H3,(H2,48,63)(H2,49,70)(H,50,51)(H,52,62)(H,53,76)(H,54,75)(H,55,74)(H,56,72)(H,57,77)(H,58,71)(H,59,78)(H,60,73)(H,64,65)(H,66,67)(H,68,69)/t25-,26-,27-,28-,29-,30-,31-,32-,33-/m0/s1. The van der Waals surface area contributed by atoms with E-state index in [4.69, 9.17) is 17.2 Å². The van der Waals surface area contributed by atoms with Crippen molar-refractivity contribution in [2.75, 3.05) is 13.2 Å². The van der Waals surface area contributed by atoms with Gasteiger partial charge in [-0.05, 0) is 56.9 Å². The summed E-state index contributed by atoms with van der Waals surface area (Å²) in [5, 5.41) is 59.1. The Labute approximate surface area is 447 Å². The predicted molar refractivity (Wildman–Crippen MR) is 269 cm³/mol. The number of imidazole rings is 1. The summed E-state index contributed by atoms with van der Waals surface area (Å²) in [7, 11) is 0. The second kappa shape index (κ2) is 34.4. The highest BCUT2D eigenvalue weighted by Crippen LogP contribution is 2.11. The van der Waals surface area contributed by atoms with Crippen molar-refractivity contribution in [3.05, 3.63) is 18.2 Å². The fraction of sp³-hybridized carbons (Fsp3) is 0.630. The molecule has 0 saturated heterocycles. The van der Waals surface area contributed by atoms with Crippen molar-refractivity contribution in [1.82, 2.24) is 57.8 Å². The summed E-state index contributed by atoms with van der Waals surface area (Å²) in [6, 6.07) is -15.2. The van der Waals surface area contributed by atoms with Crippen LogP contribution in [0.25, 0.3) is 0 Å². The summed E-state index contributed by atoms with van der Waals surface area (Å²) in [6.45, 7) is 6.71. The number of primary amides is 2. The fourth-order valence-electron chi connectivity index (χ4n) is 7.34. The summed E-state index contributed by atoms with van der Waals surface area (Å²) in [6.07, 6.45) is -1.81. The molecule has 11 amide bonds. The number of carbonyl (C=O) groups is 14. The van der Waals surface area contributed by atoms with Gasteiger partial charge in [-0.1, -0.05) is 27.7 Å². The van der Waals surface area contributed by atoms with Gasteiger partial charge in [0.25, 0.3) is 0 Å². The van der Waals surface area contributed by atoms with E-state index in [2.05, 4.69) is 57.8 Å². The van der Waals surface area contributed by atoms with E-state index >= 15 is 0 Å². The normalized spacial score (nSPS) is 14.5. The minimum absolute atomic E-state index is 0.113. The van der Waals surface area contributed by atoms with Gasteiger partial charge in [0.05, 0.1) is 32.2 Å². The van der Waals surface area contributed by atoms with Gasteiger partial charge in [0.2, 0.25) is 65.0 Å².